The van der Waals surface area contributed by atoms with Crippen LogP contribution >= 0.6 is 0 Å². The topological polar surface area (TPSA) is 175 Å². The monoisotopic (exact) mass is 1170 g/mol. The van der Waals surface area contributed by atoms with Gasteiger partial charge in [-0.2, -0.15) is 0 Å². The first-order chi connectivity index (χ1) is 40.7. The molecule has 0 aromatic rings. The molecule has 0 aliphatic carbocycles. The van der Waals surface area contributed by atoms with E-state index in [0.717, 1.165) is 83.5 Å². The van der Waals surface area contributed by atoms with Crippen molar-refractivity contribution < 1.29 is 49.3 Å². The molecule has 1 aliphatic rings. The molecule has 1 aliphatic heterocycles. The summed E-state index contributed by atoms with van der Waals surface area (Å²) in [6.07, 6.45) is 64.3. The molecular formula is C72H133NO10. The van der Waals surface area contributed by atoms with Crippen molar-refractivity contribution in [3.8, 4) is 0 Å². The number of carbonyl (C=O) groups is 2. The van der Waals surface area contributed by atoms with Crippen LogP contribution in [0.25, 0.3) is 0 Å². The lowest BCUT2D eigenvalue weighted by Gasteiger charge is -2.41. The largest absolute Gasteiger partial charge is 0.454 e. The van der Waals surface area contributed by atoms with E-state index in [1.807, 2.05) is 6.08 Å². The zero-order valence-corrected chi connectivity index (χ0v) is 54.1. The van der Waals surface area contributed by atoms with Gasteiger partial charge < -0.3 is 45.1 Å². The van der Waals surface area contributed by atoms with Crippen molar-refractivity contribution in [1.29, 1.82) is 0 Å². The number of esters is 1. The highest BCUT2D eigenvalue weighted by Gasteiger charge is 2.47. The van der Waals surface area contributed by atoms with Gasteiger partial charge in [-0.25, -0.2) is 0 Å². The van der Waals surface area contributed by atoms with E-state index >= 15 is 0 Å². The van der Waals surface area contributed by atoms with E-state index in [1.165, 1.54) is 205 Å². The minimum atomic E-state index is -1.61. The summed E-state index contributed by atoms with van der Waals surface area (Å²) >= 11 is 0. The van der Waals surface area contributed by atoms with Gasteiger partial charge in [0, 0.05) is 6.42 Å². The fraction of sp³-hybridized carbons (Fsp3) is 0.861. The van der Waals surface area contributed by atoms with Crippen LogP contribution in [0, 0.1) is 0 Å². The summed E-state index contributed by atoms with van der Waals surface area (Å²) in [5, 5.41) is 57.2. The summed E-state index contributed by atoms with van der Waals surface area (Å²) in [7, 11) is 0. The van der Waals surface area contributed by atoms with Crippen LogP contribution in [0.2, 0.25) is 0 Å². The molecule has 1 heterocycles. The van der Waals surface area contributed by atoms with Gasteiger partial charge >= 0.3 is 5.97 Å². The number of aliphatic hydroxyl groups excluding tert-OH is 5. The summed E-state index contributed by atoms with van der Waals surface area (Å²) in [6.45, 7) is 5.81. The summed E-state index contributed by atoms with van der Waals surface area (Å²) in [5.41, 5.74) is 0. The summed E-state index contributed by atoms with van der Waals surface area (Å²) in [5.74, 6) is -1.19. The molecule has 0 aromatic heterocycles. The van der Waals surface area contributed by atoms with E-state index in [1.54, 1.807) is 6.08 Å². The fourth-order valence-electron chi connectivity index (χ4n) is 11.1. The van der Waals surface area contributed by atoms with Crippen LogP contribution < -0.4 is 5.32 Å². The van der Waals surface area contributed by atoms with Crippen LogP contribution in [0.15, 0.2) is 48.6 Å². The maximum atomic E-state index is 13.5. The first kappa shape index (κ1) is 78.6. The predicted octanol–water partition coefficient (Wildman–Crippen LogP) is 18.0. The molecule has 0 bridgehead atoms. The normalized spacial score (nSPS) is 18.8. The second-order valence-electron chi connectivity index (χ2n) is 24.6. The lowest BCUT2D eigenvalue weighted by atomic mass is 9.99. The number of amides is 1. The summed E-state index contributed by atoms with van der Waals surface area (Å²) < 4.78 is 17.7. The van der Waals surface area contributed by atoms with Crippen molar-refractivity contribution in [3.63, 3.8) is 0 Å². The molecule has 1 rings (SSSR count). The van der Waals surface area contributed by atoms with Crippen LogP contribution in [-0.4, -0.2) is 99.6 Å². The lowest BCUT2D eigenvalue weighted by Crippen LogP contribution is -2.61. The average Bonchev–Trinajstić information content (AvgIpc) is 3.54. The molecule has 8 unspecified atom stereocenters. The Balaban J connectivity index is 2.61. The molecular weight excluding hydrogens is 1040 g/mol. The minimum Gasteiger partial charge on any atom is -0.454 e. The summed E-state index contributed by atoms with van der Waals surface area (Å²) in [6, 6.07) is -1.03. The van der Waals surface area contributed by atoms with Gasteiger partial charge in [0.25, 0.3) is 0 Å². The first-order valence-corrected chi connectivity index (χ1v) is 35.4. The number of carbonyl (C=O) groups excluding carboxylic acids is 2. The standard InChI is InChI=1S/C72H133NO10/c1-4-7-10-13-16-19-22-25-27-29-31-33-35-37-39-42-45-48-51-54-57-60-67(77)83-70-69(79)68(78)66(61-74)82-72(70)81-62-63(64(75)58-55-52-49-46-43-40-24-21-18-15-12-9-6-3)73-71(80)65(76)59-56-53-50-47-44-41-38-36-34-32-30-28-26-23-20-17-14-11-8-5-2/h17,20,26,28,32,34,55,58,63-66,68-70,72,74-76,78-79H,4-16,18-19,21-25,27,29-31,33,35-54,56-57,59-62H2,1-3H3,(H,73,80)/b20-17-,28-26-,34-32-,58-55+. The minimum absolute atomic E-state index is 0.127. The van der Waals surface area contributed by atoms with Crippen molar-refractivity contribution in [1.82, 2.24) is 5.32 Å². The van der Waals surface area contributed by atoms with Crippen LogP contribution in [0.1, 0.15) is 335 Å². The third-order valence-electron chi connectivity index (χ3n) is 16.7. The highest BCUT2D eigenvalue weighted by atomic mass is 16.7. The van der Waals surface area contributed by atoms with E-state index in [4.69, 9.17) is 14.2 Å². The molecule has 6 N–H and O–H groups in total. The number of nitrogens with one attached hydrogen (secondary N) is 1. The Morgan fingerprint density at radius 2 is 0.831 bits per heavy atom. The Hall–Kier alpha value is -2.38. The number of allylic oxidation sites excluding steroid dienone is 7. The van der Waals surface area contributed by atoms with Crippen LogP contribution in [-0.2, 0) is 23.8 Å². The van der Waals surface area contributed by atoms with Gasteiger partial charge in [0.15, 0.2) is 12.4 Å². The Morgan fingerprint density at radius 3 is 1.27 bits per heavy atom. The lowest BCUT2D eigenvalue weighted by molar-refractivity contribution is -0.305. The first-order valence-electron chi connectivity index (χ1n) is 35.4. The maximum Gasteiger partial charge on any atom is 0.306 e. The van der Waals surface area contributed by atoms with Crippen LogP contribution in [0.3, 0.4) is 0 Å². The Kier molecular flexibility index (Phi) is 56.8. The van der Waals surface area contributed by atoms with Gasteiger partial charge in [0.05, 0.1) is 25.4 Å². The fourth-order valence-corrected chi connectivity index (χ4v) is 11.1. The van der Waals surface area contributed by atoms with Gasteiger partial charge in [-0.15, -0.1) is 0 Å². The molecule has 0 saturated carbocycles. The van der Waals surface area contributed by atoms with Crippen molar-refractivity contribution in [2.45, 2.75) is 384 Å². The van der Waals surface area contributed by atoms with Crippen LogP contribution in [0.4, 0.5) is 0 Å². The Bertz CT molecular complexity index is 1540. The Labute approximate surface area is 510 Å². The van der Waals surface area contributed by atoms with E-state index < -0.39 is 67.4 Å². The number of hydrogen-bond donors (Lipinski definition) is 6. The SMILES string of the molecule is CCCCC/C=C\C/C=C\C/C=C\CCCCCCCCCC(O)C(=O)NC(COC1OC(CO)C(O)C(O)C1OC(=O)CCCCCCCCCCCCCCCCCCCCCCC)C(O)/C=C/CCCCCCCCCCCCC. The Morgan fingerprint density at radius 1 is 0.470 bits per heavy atom. The molecule has 11 nitrogen and oxygen atoms in total. The highest BCUT2D eigenvalue weighted by molar-refractivity contribution is 5.80. The molecule has 0 spiro atoms. The number of unbranched alkanes of at least 4 members (excludes halogenated alkanes) is 41. The molecule has 1 fully saturated rings. The maximum absolute atomic E-state index is 13.5. The predicted molar refractivity (Wildman–Crippen MR) is 347 cm³/mol. The number of rotatable bonds is 61. The molecule has 1 amide bonds. The van der Waals surface area contributed by atoms with Gasteiger partial charge in [-0.1, -0.05) is 313 Å². The van der Waals surface area contributed by atoms with E-state index in [0.29, 0.717) is 12.8 Å². The van der Waals surface area contributed by atoms with Crippen LogP contribution in [0.5, 0.6) is 0 Å². The zero-order valence-electron chi connectivity index (χ0n) is 54.1. The molecule has 1 saturated heterocycles. The molecule has 11 heteroatoms. The third kappa shape index (κ3) is 47.4. The molecule has 486 valence electrons. The zero-order chi connectivity index (χ0) is 60.3. The number of hydrogen-bond acceptors (Lipinski definition) is 10. The molecule has 83 heavy (non-hydrogen) atoms. The van der Waals surface area contributed by atoms with E-state index in [-0.39, 0.29) is 19.4 Å². The van der Waals surface area contributed by atoms with Crippen molar-refractivity contribution in [2.24, 2.45) is 0 Å². The number of aliphatic hydroxyl groups is 5. The van der Waals surface area contributed by atoms with Gasteiger partial charge in [-0.05, 0) is 64.2 Å². The van der Waals surface area contributed by atoms with Gasteiger partial charge in [0.1, 0.15) is 24.4 Å². The van der Waals surface area contributed by atoms with E-state index in [2.05, 4.69) is 62.5 Å². The van der Waals surface area contributed by atoms with Crippen molar-refractivity contribution in [2.75, 3.05) is 13.2 Å². The average molecular weight is 1170 g/mol. The molecule has 0 radical (unpaired) electrons. The second-order valence-corrected chi connectivity index (χ2v) is 24.6. The van der Waals surface area contributed by atoms with E-state index in [9.17, 15) is 35.1 Å². The third-order valence-corrected chi connectivity index (χ3v) is 16.7. The van der Waals surface area contributed by atoms with Gasteiger partial charge in [0.2, 0.25) is 5.91 Å². The van der Waals surface area contributed by atoms with Gasteiger partial charge in [-0.3, -0.25) is 9.59 Å². The summed E-state index contributed by atoms with van der Waals surface area (Å²) in [4.78, 5) is 26.7. The molecule has 8 atom stereocenters. The highest BCUT2D eigenvalue weighted by Crippen LogP contribution is 2.26. The van der Waals surface area contributed by atoms with Crippen molar-refractivity contribution in [3.05, 3.63) is 48.6 Å². The smallest absolute Gasteiger partial charge is 0.306 e. The quantitative estimate of drug-likeness (QED) is 0.0195. The molecule has 0 aromatic carbocycles. The number of ether oxygens (including phenoxy) is 3. The van der Waals surface area contributed by atoms with Crippen molar-refractivity contribution >= 4 is 11.9 Å². The second kappa shape index (κ2) is 59.9.